The SMILES string of the molecule is COc1ccc2c(c1)nc(CCl)n2CC1CCCO1. The minimum atomic E-state index is 0.279. The number of aromatic nitrogens is 2. The molecule has 1 atom stereocenters. The van der Waals surface area contributed by atoms with Crippen LogP contribution in [-0.4, -0.2) is 29.4 Å². The van der Waals surface area contributed by atoms with Crippen LogP contribution in [0, 0.1) is 0 Å². The normalized spacial score (nSPS) is 19.2. The maximum Gasteiger partial charge on any atom is 0.124 e. The molecular weight excluding hydrogens is 264 g/mol. The van der Waals surface area contributed by atoms with Gasteiger partial charge in [-0.25, -0.2) is 4.98 Å². The Kier molecular flexibility index (Phi) is 3.62. The lowest BCUT2D eigenvalue weighted by Gasteiger charge is -2.13. The van der Waals surface area contributed by atoms with E-state index >= 15 is 0 Å². The van der Waals surface area contributed by atoms with Gasteiger partial charge >= 0.3 is 0 Å². The fourth-order valence-electron chi connectivity index (χ4n) is 2.58. The van der Waals surface area contributed by atoms with Crippen LogP contribution in [0.5, 0.6) is 5.75 Å². The zero-order valence-corrected chi connectivity index (χ0v) is 11.7. The summed E-state index contributed by atoms with van der Waals surface area (Å²) < 4.78 is 13.1. The van der Waals surface area contributed by atoms with Gasteiger partial charge < -0.3 is 14.0 Å². The maximum absolute atomic E-state index is 6.01. The lowest BCUT2D eigenvalue weighted by atomic mass is 10.2. The number of hydrogen-bond acceptors (Lipinski definition) is 3. The zero-order valence-electron chi connectivity index (χ0n) is 10.9. The summed E-state index contributed by atoms with van der Waals surface area (Å²) in [6, 6.07) is 5.93. The summed E-state index contributed by atoms with van der Waals surface area (Å²) in [5.41, 5.74) is 2.01. The minimum Gasteiger partial charge on any atom is -0.497 e. The van der Waals surface area contributed by atoms with E-state index in [9.17, 15) is 0 Å². The third-order valence-electron chi connectivity index (χ3n) is 3.56. The molecule has 1 saturated heterocycles. The Morgan fingerprint density at radius 3 is 3.11 bits per heavy atom. The Morgan fingerprint density at radius 1 is 1.53 bits per heavy atom. The van der Waals surface area contributed by atoms with Gasteiger partial charge in [0, 0.05) is 12.7 Å². The monoisotopic (exact) mass is 280 g/mol. The quantitative estimate of drug-likeness (QED) is 0.808. The van der Waals surface area contributed by atoms with Crippen molar-refractivity contribution in [3.05, 3.63) is 24.0 Å². The second-order valence-corrected chi connectivity index (χ2v) is 5.03. The highest BCUT2D eigenvalue weighted by Crippen LogP contribution is 2.24. The fraction of sp³-hybridized carbons (Fsp3) is 0.500. The van der Waals surface area contributed by atoms with Crippen LogP contribution >= 0.6 is 11.6 Å². The second-order valence-electron chi connectivity index (χ2n) is 4.76. The molecule has 0 aliphatic carbocycles. The van der Waals surface area contributed by atoms with Crippen molar-refractivity contribution >= 4 is 22.6 Å². The van der Waals surface area contributed by atoms with Crippen LogP contribution in [-0.2, 0) is 17.2 Å². The summed E-state index contributed by atoms with van der Waals surface area (Å²) in [6.45, 7) is 1.69. The standard InChI is InChI=1S/C14H17ClN2O2/c1-18-10-4-5-13-12(7-10)16-14(8-15)17(13)9-11-3-2-6-19-11/h4-5,7,11H,2-3,6,8-9H2,1H3. The van der Waals surface area contributed by atoms with Gasteiger partial charge in [-0.15, -0.1) is 11.6 Å². The third-order valence-corrected chi connectivity index (χ3v) is 3.80. The van der Waals surface area contributed by atoms with Crippen LogP contribution in [0.3, 0.4) is 0 Å². The summed E-state index contributed by atoms with van der Waals surface area (Å²) in [4.78, 5) is 4.58. The molecule has 2 aromatic rings. The lowest BCUT2D eigenvalue weighted by molar-refractivity contribution is 0.0974. The first-order chi connectivity index (χ1) is 9.31. The highest BCUT2D eigenvalue weighted by Gasteiger charge is 2.19. The molecule has 1 aliphatic rings. The number of benzene rings is 1. The first-order valence-electron chi connectivity index (χ1n) is 6.52. The highest BCUT2D eigenvalue weighted by atomic mass is 35.5. The van der Waals surface area contributed by atoms with Gasteiger partial charge in [0.2, 0.25) is 0 Å². The predicted octanol–water partition coefficient (Wildman–Crippen LogP) is 2.96. The lowest BCUT2D eigenvalue weighted by Crippen LogP contribution is -2.16. The molecule has 0 radical (unpaired) electrons. The number of alkyl halides is 1. The van der Waals surface area contributed by atoms with Crippen molar-refractivity contribution < 1.29 is 9.47 Å². The maximum atomic E-state index is 6.01. The zero-order chi connectivity index (χ0) is 13.2. The van der Waals surface area contributed by atoms with Crippen molar-refractivity contribution in [3.63, 3.8) is 0 Å². The first kappa shape index (κ1) is 12.8. The van der Waals surface area contributed by atoms with Crippen molar-refractivity contribution in [1.29, 1.82) is 0 Å². The van der Waals surface area contributed by atoms with Crippen LogP contribution in [0.25, 0.3) is 11.0 Å². The average Bonchev–Trinajstić information content (AvgIpc) is 3.06. The van der Waals surface area contributed by atoms with Crippen LogP contribution in [0.15, 0.2) is 18.2 Å². The average molecular weight is 281 g/mol. The third kappa shape index (κ3) is 2.42. The number of fused-ring (bicyclic) bond motifs is 1. The van der Waals surface area contributed by atoms with Gasteiger partial charge in [-0.05, 0) is 25.0 Å². The van der Waals surface area contributed by atoms with Crippen LogP contribution < -0.4 is 4.74 Å². The van der Waals surface area contributed by atoms with Crippen molar-refractivity contribution in [2.24, 2.45) is 0 Å². The molecule has 0 bridgehead atoms. The molecule has 1 aromatic heterocycles. The smallest absolute Gasteiger partial charge is 0.124 e. The van der Waals surface area contributed by atoms with E-state index < -0.39 is 0 Å². The highest BCUT2D eigenvalue weighted by molar-refractivity contribution is 6.16. The Morgan fingerprint density at radius 2 is 2.42 bits per heavy atom. The van der Waals surface area contributed by atoms with E-state index in [0.29, 0.717) is 5.88 Å². The topological polar surface area (TPSA) is 36.3 Å². The molecule has 19 heavy (non-hydrogen) atoms. The van der Waals surface area contributed by atoms with Gasteiger partial charge in [-0.1, -0.05) is 0 Å². The first-order valence-corrected chi connectivity index (χ1v) is 7.06. The molecule has 5 heteroatoms. The molecule has 1 fully saturated rings. The molecule has 1 aliphatic heterocycles. The van der Waals surface area contributed by atoms with Gasteiger partial charge in [0.05, 0.1) is 36.7 Å². The summed E-state index contributed by atoms with van der Waals surface area (Å²) >= 11 is 6.01. The van der Waals surface area contributed by atoms with E-state index in [1.54, 1.807) is 7.11 Å². The molecule has 0 amide bonds. The van der Waals surface area contributed by atoms with Gasteiger partial charge in [0.25, 0.3) is 0 Å². The summed E-state index contributed by atoms with van der Waals surface area (Å²) in [5.74, 6) is 2.11. The van der Waals surface area contributed by atoms with Crippen molar-refractivity contribution in [1.82, 2.24) is 9.55 Å². The Hall–Kier alpha value is -1.26. The second kappa shape index (κ2) is 5.39. The number of nitrogens with zero attached hydrogens (tertiary/aromatic N) is 2. The van der Waals surface area contributed by atoms with E-state index in [4.69, 9.17) is 21.1 Å². The number of hydrogen-bond donors (Lipinski definition) is 0. The molecule has 1 aromatic carbocycles. The minimum absolute atomic E-state index is 0.279. The molecule has 0 spiro atoms. The number of methoxy groups -OCH3 is 1. The summed E-state index contributed by atoms with van der Waals surface area (Å²) in [6.07, 6.45) is 2.53. The number of imidazole rings is 1. The number of rotatable bonds is 4. The molecule has 3 rings (SSSR count). The molecular formula is C14H17ClN2O2. The van der Waals surface area contributed by atoms with E-state index in [2.05, 4.69) is 9.55 Å². The van der Waals surface area contributed by atoms with E-state index in [-0.39, 0.29) is 6.10 Å². The largest absolute Gasteiger partial charge is 0.497 e. The van der Waals surface area contributed by atoms with Gasteiger partial charge in [0.15, 0.2) is 0 Å². The Bertz CT molecular complexity index is 576. The summed E-state index contributed by atoms with van der Waals surface area (Å²) in [7, 11) is 1.66. The van der Waals surface area contributed by atoms with Gasteiger partial charge in [0.1, 0.15) is 11.6 Å². The molecule has 2 heterocycles. The Balaban J connectivity index is 2.00. The molecule has 4 nitrogen and oxygen atoms in total. The van der Waals surface area contributed by atoms with E-state index in [0.717, 1.165) is 48.6 Å². The molecule has 0 saturated carbocycles. The predicted molar refractivity (Wildman–Crippen MR) is 74.8 cm³/mol. The number of ether oxygens (including phenoxy) is 2. The van der Waals surface area contributed by atoms with Crippen LogP contribution in [0.4, 0.5) is 0 Å². The fourth-order valence-corrected chi connectivity index (χ4v) is 2.79. The van der Waals surface area contributed by atoms with Gasteiger partial charge in [-0.3, -0.25) is 0 Å². The van der Waals surface area contributed by atoms with Crippen LogP contribution in [0.1, 0.15) is 18.7 Å². The van der Waals surface area contributed by atoms with Crippen molar-refractivity contribution in [3.8, 4) is 5.75 Å². The van der Waals surface area contributed by atoms with Crippen molar-refractivity contribution in [2.75, 3.05) is 13.7 Å². The van der Waals surface area contributed by atoms with Crippen molar-refractivity contribution in [2.45, 2.75) is 31.4 Å². The van der Waals surface area contributed by atoms with E-state index in [1.165, 1.54) is 0 Å². The Labute approximate surface area is 117 Å². The van der Waals surface area contributed by atoms with E-state index in [1.807, 2.05) is 18.2 Å². The molecule has 102 valence electrons. The van der Waals surface area contributed by atoms with Crippen LogP contribution in [0.2, 0.25) is 0 Å². The summed E-state index contributed by atoms with van der Waals surface area (Å²) in [5, 5.41) is 0. The van der Waals surface area contributed by atoms with Gasteiger partial charge in [-0.2, -0.15) is 0 Å². The number of halogens is 1. The molecule has 1 unspecified atom stereocenters. The molecule has 0 N–H and O–H groups in total.